The zero-order valence-corrected chi connectivity index (χ0v) is 9.60. The van der Waals surface area contributed by atoms with Crippen LogP contribution in [0.25, 0.3) is 0 Å². The van der Waals surface area contributed by atoms with Crippen LogP contribution in [0, 0.1) is 11.3 Å². The molecular weight excluding hydrogens is 226 g/mol. The number of esters is 2. The third-order valence-electron chi connectivity index (χ3n) is 1.51. The van der Waals surface area contributed by atoms with E-state index in [1.807, 2.05) is 0 Å². The molecule has 92 valence electrons. The van der Waals surface area contributed by atoms with Gasteiger partial charge < -0.3 is 14.6 Å². The summed E-state index contributed by atoms with van der Waals surface area (Å²) in [6, 6.07) is 1.49. The molecule has 0 rings (SSSR count). The standard InChI is InChI=1S/C11H13NO5/c1-3-16-10(14)6-5-9(13)8(7-12)11(15)17-4-2/h5-6,13H,3-4H2,1-2H3. The molecule has 17 heavy (non-hydrogen) atoms. The second-order valence-electron chi connectivity index (χ2n) is 2.68. The Kier molecular flexibility index (Phi) is 6.86. The number of allylic oxidation sites excluding steroid dienone is 1. The van der Waals surface area contributed by atoms with Crippen LogP contribution in [0.5, 0.6) is 0 Å². The molecule has 0 aliphatic carbocycles. The first-order valence-corrected chi connectivity index (χ1v) is 4.92. The van der Waals surface area contributed by atoms with Crippen molar-refractivity contribution in [1.29, 1.82) is 5.26 Å². The number of rotatable bonds is 5. The molecule has 0 unspecified atom stereocenters. The largest absolute Gasteiger partial charge is 0.506 e. The van der Waals surface area contributed by atoms with Crippen LogP contribution in [0.3, 0.4) is 0 Å². The van der Waals surface area contributed by atoms with Gasteiger partial charge in [-0.1, -0.05) is 0 Å². The minimum atomic E-state index is -0.944. The first-order valence-electron chi connectivity index (χ1n) is 4.92. The lowest BCUT2D eigenvalue weighted by Gasteiger charge is -2.00. The summed E-state index contributed by atoms with van der Waals surface area (Å²) in [5, 5.41) is 18.0. The predicted molar refractivity (Wildman–Crippen MR) is 57.7 cm³/mol. The van der Waals surface area contributed by atoms with Gasteiger partial charge in [0.1, 0.15) is 11.8 Å². The molecule has 0 fully saturated rings. The first kappa shape index (κ1) is 14.7. The Balaban J connectivity index is 4.83. The number of aliphatic hydroxyl groups is 1. The zero-order chi connectivity index (χ0) is 13.3. The highest BCUT2D eigenvalue weighted by molar-refractivity contribution is 5.94. The molecule has 0 heterocycles. The van der Waals surface area contributed by atoms with E-state index >= 15 is 0 Å². The lowest BCUT2D eigenvalue weighted by Crippen LogP contribution is -2.08. The van der Waals surface area contributed by atoms with Crippen LogP contribution in [-0.2, 0) is 19.1 Å². The van der Waals surface area contributed by atoms with Crippen molar-refractivity contribution in [2.45, 2.75) is 13.8 Å². The molecule has 0 amide bonds. The molecule has 0 aromatic rings. The van der Waals surface area contributed by atoms with Gasteiger partial charge in [-0.15, -0.1) is 0 Å². The molecule has 1 N–H and O–H groups in total. The molecule has 0 aromatic carbocycles. The highest BCUT2D eigenvalue weighted by Gasteiger charge is 2.14. The van der Waals surface area contributed by atoms with Crippen molar-refractivity contribution in [3.63, 3.8) is 0 Å². The van der Waals surface area contributed by atoms with Gasteiger partial charge in [-0.2, -0.15) is 5.26 Å². The minimum absolute atomic E-state index is 0.0822. The number of hydrogen-bond donors (Lipinski definition) is 1. The van der Waals surface area contributed by atoms with E-state index in [4.69, 9.17) is 5.26 Å². The Morgan fingerprint density at radius 3 is 2.29 bits per heavy atom. The fourth-order valence-corrected chi connectivity index (χ4v) is 0.831. The highest BCUT2D eigenvalue weighted by atomic mass is 16.5. The van der Waals surface area contributed by atoms with Crippen LogP contribution >= 0.6 is 0 Å². The van der Waals surface area contributed by atoms with Crippen LogP contribution in [-0.4, -0.2) is 30.3 Å². The van der Waals surface area contributed by atoms with Crippen LogP contribution in [0.2, 0.25) is 0 Å². The highest BCUT2D eigenvalue weighted by Crippen LogP contribution is 2.05. The molecule has 0 bridgehead atoms. The van der Waals surface area contributed by atoms with Crippen molar-refractivity contribution in [2.75, 3.05) is 13.2 Å². The zero-order valence-electron chi connectivity index (χ0n) is 9.60. The second kappa shape index (κ2) is 7.93. The molecule has 0 atom stereocenters. The van der Waals surface area contributed by atoms with Gasteiger partial charge >= 0.3 is 11.9 Å². The van der Waals surface area contributed by atoms with E-state index in [0.29, 0.717) is 0 Å². The van der Waals surface area contributed by atoms with Crippen LogP contribution < -0.4 is 0 Å². The predicted octanol–water partition coefficient (Wildman–Crippen LogP) is 1.00. The topological polar surface area (TPSA) is 96.6 Å². The van der Waals surface area contributed by atoms with Gasteiger partial charge in [0, 0.05) is 6.08 Å². The Hall–Kier alpha value is -2.29. The molecule has 6 nitrogen and oxygen atoms in total. The SMILES string of the molecule is CCOC(=O)C=CC(O)=C(C#N)C(=O)OCC. The van der Waals surface area contributed by atoms with Crippen molar-refractivity contribution in [1.82, 2.24) is 0 Å². The van der Waals surface area contributed by atoms with Crippen molar-refractivity contribution in [2.24, 2.45) is 0 Å². The number of ether oxygens (including phenoxy) is 2. The summed E-state index contributed by atoms with van der Waals surface area (Å²) in [7, 11) is 0. The maximum absolute atomic E-state index is 11.2. The molecule has 0 aromatic heterocycles. The van der Waals surface area contributed by atoms with Crippen molar-refractivity contribution in [3.05, 3.63) is 23.5 Å². The van der Waals surface area contributed by atoms with E-state index in [2.05, 4.69) is 9.47 Å². The molecule has 0 saturated heterocycles. The summed E-state index contributed by atoms with van der Waals surface area (Å²) in [6.07, 6.45) is 1.82. The third kappa shape index (κ3) is 5.37. The van der Waals surface area contributed by atoms with Crippen LogP contribution in [0.1, 0.15) is 13.8 Å². The Bertz CT molecular complexity index is 389. The summed E-state index contributed by atoms with van der Waals surface area (Å²) < 4.78 is 9.10. The summed E-state index contributed by atoms with van der Waals surface area (Å²) >= 11 is 0. The third-order valence-corrected chi connectivity index (χ3v) is 1.51. The normalized spacial score (nSPS) is 11.6. The maximum atomic E-state index is 11.2. The summed E-state index contributed by atoms with van der Waals surface area (Å²) in [5.41, 5.74) is -0.563. The fourth-order valence-electron chi connectivity index (χ4n) is 0.831. The van der Waals surface area contributed by atoms with Gasteiger partial charge in [-0.25, -0.2) is 9.59 Å². The summed E-state index contributed by atoms with van der Waals surface area (Å²) in [5.74, 6) is -2.26. The lowest BCUT2D eigenvalue weighted by atomic mass is 10.2. The van der Waals surface area contributed by atoms with E-state index in [1.54, 1.807) is 13.8 Å². The molecule has 0 aliphatic rings. The van der Waals surface area contributed by atoms with Gasteiger partial charge in [0.25, 0.3) is 0 Å². The van der Waals surface area contributed by atoms with Crippen LogP contribution in [0.15, 0.2) is 23.5 Å². The van der Waals surface area contributed by atoms with Gasteiger partial charge in [-0.05, 0) is 19.9 Å². The molecule has 0 spiro atoms. The Morgan fingerprint density at radius 1 is 1.24 bits per heavy atom. The van der Waals surface area contributed by atoms with Crippen molar-refractivity contribution in [3.8, 4) is 6.07 Å². The number of hydrogen-bond acceptors (Lipinski definition) is 6. The molecule has 0 saturated carbocycles. The summed E-state index contributed by atoms with van der Waals surface area (Å²) in [6.45, 7) is 3.47. The quantitative estimate of drug-likeness (QED) is 0.253. The van der Waals surface area contributed by atoms with E-state index in [9.17, 15) is 14.7 Å². The van der Waals surface area contributed by atoms with Gasteiger partial charge in [0.05, 0.1) is 13.2 Å². The minimum Gasteiger partial charge on any atom is -0.506 e. The lowest BCUT2D eigenvalue weighted by molar-refractivity contribution is -0.138. The number of nitrogens with zero attached hydrogens (tertiary/aromatic N) is 1. The van der Waals surface area contributed by atoms with E-state index in [1.165, 1.54) is 6.07 Å². The average molecular weight is 239 g/mol. The van der Waals surface area contributed by atoms with Gasteiger partial charge in [-0.3, -0.25) is 0 Å². The molecular formula is C11H13NO5. The smallest absolute Gasteiger partial charge is 0.352 e. The van der Waals surface area contributed by atoms with E-state index in [-0.39, 0.29) is 13.2 Å². The molecule has 0 aliphatic heterocycles. The molecule has 6 heteroatoms. The van der Waals surface area contributed by atoms with Crippen molar-refractivity contribution >= 4 is 11.9 Å². The number of aliphatic hydroxyl groups excluding tert-OH is 1. The number of nitriles is 1. The van der Waals surface area contributed by atoms with E-state index in [0.717, 1.165) is 12.2 Å². The average Bonchev–Trinajstić information content (AvgIpc) is 2.28. The van der Waals surface area contributed by atoms with E-state index < -0.39 is 23.3 Å². The summed E-state index contributed by atoms with van der Waals surface area (Å²) in [4.78, 5) is 22.1. The molecule has 0 radical (unpaired) electrons. The Morgan fingerprint density at radius 2 is 1.82 bits per heavy atom. The number of carbonyl (C=O) groups is 2. The second-order valence-corrected chi connectivity index (χ2v) is 2.68. The first-order chi connectivity index (χ1) is 8.06. The van der Waals surface area contributed by atoms with Crippen molar-refractivity contribution < 1.29 is 24.2 Å². The van der Waals surface area contributed by atoms with Gasteiger partial charge in [0.2, 0.25) is 0 Å². The van der Waals surface area contributed by atoms with Gasteiger partial charge in [0.15, 0.2) is 5.57 Å². The monoisotopic (exact) mass is 239 g/mol. The number of carbonyl (C=O) groups excluding carboxylic acids is 2. The fraction of sp³-hybridized carbons (Fsp3) is 0.364. The Labute approximate surface area is 98.7 Å². The maximum Gasteiger partial charge on any atom is 0.352 e. The van der Waals surface area contributed by atoms with Crippen LogP contribution in [0.4, 0.5) is 0 Å².